The predicted octanol–water partition coefficient (Wildman–Crippen LogP) is 2.65. The Labute approximate surface area is 163 Å². The Hall–Kier alpha value is -1.16. The monoisotopic (exact) mass is 467 g/mol. The largest absolute Gasteiger partial charge is 0.489 e. The summed E-state index contributed by atoms with van der Waals surface area (Å²) in [7, 11) is 1.75. The molecule has 1 N–H and O–H groups in total. The van der Waals surface area contributed by atoms with Crippen LogP contribution in [-0.2, 0) is 4.74 Å². The molecule has 0 saturated carbocycles. The fourth-order valence-corrected chi connectivity index (χ4v) is 3.34. The third-order valence-corrected chi connectivity index (χ3v) is 4.67. The molecule has 0 amide bonds. The van der Waals surface area contributed by atoms with Crippen molar-refractivity contribution in [2.75, 3.05) is 46.5 Å². The number of hydrogen-bond donors (Lipinski definition) is 1. The molecule has 2 aliphatic heterocycles. The van der Waals surface area contributed by atoms with Gasteiger partial charge in [-0.15, -0.1) is 24.0 Å². The molecular formula is C17H24F2IN3O2. The summed E-state index contributed by atoms with van der Waals surface area (Å²) < 4.78 is 37.2. The molecule has 1 atom stereocenters. The minimum atomic E-state index is -0.692. The van der Waals surface area contributed by atoms with Gasteiger partial charge in [-0.05, 0) is 25.0 Å². The Morgan fingerprint density at radius 3 is 2.92 bits per heavy atom. The minimum Gasteiger partial charge on any atom is -0.489 e. The van der Waals surface area contributed by atoms with E-state index in [2.05, 4.69) is 15.2 Å². The number of benzene rings is 1. The molecule has 2 saturated heterocycles. The highest BCUT2D eigenvalue weighted by atomic mass is 127. The molecule has 1 spiro atoms. The van der Waals surface area contributed by atoms with Gasteiger partial charge in [0.1, 0.15) is 12.4 Å². The molecule has 2 fully saturated rings. The number of hydrogen-bond acceptors (Lipinski definition) is 3. The lowest BCUT2D eigenvalue weighted by molar-refractivity contribution is 0.156. The first-order chi connectivity index (χ1) is 11.6. The van der Waals surface area contributed by atoms with Crippen molar-refractivity contribution in [3.8, 4) is 5.75 Å². The van der Waals surface area contributed by atoms with Gasteiger partial charge in [-0.2, -0.15) is 0 Å². The Morgan fingerprint density at radius 1 is 1.40 bits per heavy atom. The number of halogens is 3. The van der Waals surface area contributed by atoms with Gasteiger partial charge < -0.3 is 19.7 Å². The molecule has 3 rings (SSSR count). The van der Waals surface area contributed by atoms with Crippen LogP contribution in [-0.4, -0.2) is 57.4 Å². The van der Waals surface area contributed by atoms with E-state index in [4.69, 9.17) is 9.47 Å². The molecule has 1 aromatic rings. The molecule has 0 aliphatic carbocycles. The van der Waals surface area contributed by atoms with Gasteiger partial charge in [-0.1, -0.05) is 0 Å². The summed E-state index contributed by atoms with van der Waals surface area (Å²) in [5, 5.41) is 3.23. The van der Waals surface area contributed by atoms with E-state index in [9.17, 15) is 8.78 Å². The van der Waals surface area contributed by atoms with E-state index < -0.39 is 11.6 Å². The first-order valence-corrected chi connectivity index (χ1v) is 8.23. The maximum atomic E-state index is 13.5. The van der Waals surface area contributed by atoms with Gasteiger partial charge in [0.25, 0.3) is 0 Å². The maximum absolute atomic E-state index is 13.5. The highest BCUT2D eigenvalue weighted by Crippen LogP contribution is 2.38. The van der Waals surface area contributed by atoms with Crippen molar-refractivity contribution >= 4 is 29.9 Å². The highest BCUT2D eigenvalue weighted by Gasteiger charge is 2.42. The van der Waals surface area contributed by atoms with Crippen LogP contribution in [0.5, 0.6) is 5.75 Å². The van der Waals surface area contributed by atoms with Crippen molar-refractivity contribution in [2.45, 2.75) is 12.8 Å². The molecule has 0 radical (unpaired) electrons. The van der Waals surface area contributed by atoms with Crippen molar-refractivity contribution in [3.63, 3.8) is 0 Å². The molecule has 140 valence electrons. The number of aliphatic imine (C=N–C) groups is 1. The van der Waals surface area contributed by atoms with Crippen LogP contribution in [0, 0.1) is 17.0 Å². The fraction of sp³-hybridized carbons (Fsp3) is 0.588. The number of nitrogens with zero attached hydrogens (tertiary/aromatic N) is 2. The summed E-state index contributed by atoms with van der Waals surface area (Å²) in [5.41, 5.74) is 0.269. The summed E-state index contributed by atoms with van der Waals surface area (Å²) in [4.78, 5) is 6.54. The normalized spacial score (nSPS) is 23.0. The number of rotatable bonds is 4. The molecule has 0 aromatic heterocycles. The highest BCUT2D eigenvalue weighted by molar-refractivity contribution is 14.0. The summed E-state index contributed by atoms with van der Waals surface area (Å²) in [6, 6.07) is 3.29. The maximum Gasteiger partial charge on any atom is 0.193 e. The third-order valence-electron chi connectivity index (χ3n) is 4.67. The minimum absolute atomic E-state index is 0. The number of likely N-dealkylation sites (tertiary alicyclic amines) is 1. The number of guanidine groups is 1. The van der Waals surface area contributed by atoms with Crippen LogP contribution in [0.4, 0.5) is 8.78 Å². The molecule has 1 aromatic carbocycles. The van der Waals surface area contributed by atoms with Crippen molar-refractivity contribution in [1.82, 2.24) is 10.2 Å². The topological polar surface area (TPSA) is 46.1 Å². The summed E-state index contributed by atoms with van der Waals surface area (Å²) in [6.45, 7) is 4.33. The Bertz CT molecular complexity index is 610. The zero-order valence-electron chi connectivity index (χ0n) is 14.3. The average Bonchev–Trinajstić information content (AvgIpc) is 3.20. The Balaban J connectivity index is 0.00000225. The molecule has 0 bridgehead atoms. The van der Waals surface area contributed by atoms with E-state index in [1.807, 2.05) is 0 Å². The van der Waals surface area contributed by atoms with E-state index in [0.29, 0.717) is 6.54 Å². The second-order valence-electron chi connectivity index (χ2n) is 6.37. The summed E-state index contributed by atoms with van der Waals surface area (Å²) >= 11 is 0. The quantitative estimate of drug-likeness (QED) is 0.320. The van der Waals surface area contributed by atoms with Gasteiger partial charge >= 0.3 is 0 Å². The molecule has 1 unspecified atom stereocenters. The van der Waals surface area contributed by atoms with Crippen LogP contribution in [0.3, 0.4) is 0 Å². The number of nitrogens with one attached hydrogen (secondary N) is 1. The van der Waals surface area contributed by atoms with Crippen molar-refractivity contribution < 1.29 is 18.3 Å². The van der Waals surface area contributed by atoms with Crippen LogP contribution in [0.2, 0.25) is 0 Å². The lowest BCUT2D eigenvalue weighted by Crippen LogP contribution is -2.42. The summed E-state index contributed by atoms with van der Waals surface area (Å²) in [5.74, 6) is -0.433. The van der Waals surface area contributed by atoms with Crippen molar-refractivity contribution in [2.24, 2.45) is 10.4 Å². The fourth-order valence-electron chi connectivity index (χ4n) is 3.34. The second kappa shape index (κ2) is 8.98. The van der Waals surface area contributed by atoms with Gasteiger partial charge in [-0.3, -0.25) is 4.99 Å². The molecule has 2 aliphatic rings. The van der Waals surface area contributed by atoms with E-state index in [1.54, 1.807) is 7.05 Å². The molecule has 2 heterocycles. The van der Waals surface area contributed by atoms with Crippen LogP contribution in [0.25, 0.3) is 0 Å². The molecule has 5 nitrogen and oxygen atoms in total. The summed E-state index contributed by atoms with van der Waals surface area (Å²) in [6.07, 6.45) is 2.22. The number of ether oxygens (including phenoxy) is 2. The first kappa shape index (κ1) is 20.2. The van der Waals surface area contributed by atoms with Crippen LogP contribution < -0.4 is 10.1 Å². The van der Waals surface area contributed by atoms with Gasteiger partial charge in [-0.25, -0.2) is 8.78 Å². The Morgan fingerprint density at radius 2 is 2.24 bits per heavy atom. The molecular weight excluding hydrogens is 443 g/mol. The zero-order chi connectivity index (χ0) is 17.0. The van der Waals surface area contributed by atoms with E-state index in [0.717, 1.165) is 51.2 Å². The predicted molar refractivity (Wildman–Crippen MR) is 103 cm³/mol. The van der Waals surface area contributed by atoms with Crippen molar-refractivity contribution in [1.29, 1.82) is 0 Å². The first-order valence-electron chi connectivity index (χ1n) is 8.23. The van der Waals surface area contributed by atoms with Gasteiger partial charge in [0.2, 0.25) is 0 Å². The van der Waals surface area contributed by atoms with Crippen LogP contribution >= 0.6 is 24.0 Å². The van der Waals surface area contributed by atoms with Crippen molar-refractivity contribution in [3.05, 3.63) is 29.8 Å². The van der Waals surface area contributed by atoms with E-state index in [1.165, 1.54) is 12.1 Å². The smallest absolute Gasteiger partial charge is 0.193 e. The zero-order valence-corrected chi connectivity index (χ0v) is 16.6. The Kier molecular flexibility index (Phi) is 7.24. The SMILES string of the molecule is CN=C(NCCOc1ccc(F)cc1F)N1CCC2(CCOC2)C1.I. The van der Waals surface area contributed by atoms with Gasteiger partial charge in [0.05, 0.1) is 13.2 Å². The average molecular weight is 467 g/mol. The standard InChI is InChI=1S/C17H23F2N3O2.HI/c1-20-16(22-7-4-17(11-22)5-8-23-12-17)21-6-9-24-15-3-2-13(18)10-14(15)19;/h2-3,10H,4-9,11-12H2,1H3,(H,20,21);1H. The van der Waals surface area contributed by atoms with Gasteiger partial charge in [0, 0.05) is 38.2 Å². The second-order valence-corrected chi connectivity index (χ2v) is 6.37. The van der Waals surface area contributed by atoms with Crippen LogP contribution in [0.15, 0.2) is 23.2 Å². The lowest BCUT2D eigenvalue weighted by atomic mass is 9.87. The third kappa shape index (κ3) is 4.93. The lowest BCUT2D eigenvalue weighted by Gasteiger charge is -2.24. The van der Waals surface area contributed by atoms with Crippen LogP contribution in [0.1, 0.15) is 12.8 Å². The van der Waals surface area contributed by atoms with Gasteiger partial charge in [0.15, 0.2) is 17.5 Å². The molecule has 25 heavy (non-hydrogen) atoms. The van der Waals surface area contributed by atoms with E-state index in [-0.39, 0.29) is 41.7 Å². The molecule has 8 heteroatoms. The van der Waals surface area contributed by atoms with E-state index >= 15 is 0 Å².